The van der Waals surface area contributed by atoms with Crippen LogP contribution in [-0.2, 0) is 4.79 Å². The van der Waals surface area contributed by atoms with Crippen molar-refractivity contribution in [3.63, 3.8) is 0 Å². The van der Waals surface area contributed by atoms with E-state index >= 15 is 0 Å². The topological polar surface area (TPSA) is 82.5 Å². The molecule has 0 aliphatic heterocycles. The van der Waals surface area contributed by atoms with Gasteiger partial charge in [-0.2, -0.15) is 0 Å². The van der Waals surface area contributed by atoms with Crippen molar-refractivity contribution in [3.05, 3.63) is 40.2 Å². The van der Waals surface area contributed by atoms with Crippen molar-refractivity contribution in [1.29, 1.82) is 0 Å². The summed E-state index contributed by atoms with van der Waals surface area (Å²) in [4.78, 5) is 22.6. The van der Waals surface area contributed by atoms with Gasteiger partial charge in [-0.05, 0) is 31.5 Å². The molecule has 1 unspecified atom stereocenters. The quantitative estimate of drug-likeness (QED) is 0.406. The zero-order valence-electron chi connectivity index (χ0n) is 10.5. The van der Waals surface area contributed by atoms with E-state index in [4.69, 9.17) is 14.9 Å². The molecule has 1 atom stereocenters. The largest absolute Gasteiger partial charge is 1.00 e. The van der Waals surface area contributed by atoms with E-state index in [2.05, 4.69) is 0 Å². The molecule has 0 saturated heterocycles. The van der Waals surface area contributed by atoms with Gasteiger partial charge in [-0.15, -0.1) is 0 Å². The normalized spacial score (nSPS) is 11.7. The number of hydrogen-bond acceptors (Lipinski definition) is 5. The highest BCUT2D eigenvalue weighted by Gasteiger charge is 2.11. The lowest BCUT2D eigenvalue weighted by atomic mass is 10.1. The molecular weight excluding hydrogens is 270 g/mol. The van der Waals surface area contributed by atoms with Crippen LogP contribution < -0.4 is 28.5 Å². The fourth-order valence-corrected chi connectivity index (χ4v) is 1.58. The predicted molar refractivity (Wildman–Crippen MR) is 66.5 cm³/mol. The SMILES string of the molecule is Cc1cc(=O)oc2cc(OC(=O)C(C)N)ccc12.[Cl-]. The lowest BCUT2D eigenvalue weighted by molar-refractivity contribution is -0.135. The van der Waals surface area contributed by atoms with E-state index in [0.717, 1.165) is 10.9 Å². The summed E-state index contributed by atoms with van der Waals surface area (Å²) >= 11 is 0. The van der Waals surface area contributed by atoms with E-state index < -0.39 is 17.6 Å². The lowest BCUT2D eigenvalue weighted by Gasteiger charge is -2.07. The van der Waals surface area contributed by atoms with Gasteiger partial charge in [0.25, 0.3) is 0 Å². The number of nitrogens with two attached hydrogens (primary N) is 1. The zero-order valence-corrected chi connectivity index (χ0v) is 11.2. The number of ether oxygens (including phenoxy) is 1. The van der Waals surface area contributed by atoms with Crippen LogP contribution in [0, 0.1) is 6.92 Å². The van der Waals surface area contributed by atoms with Crippen molar-refractivity contribution >= 4 is 16.9 Å². The van der Waals surface area contributed by atoms with Gasteiger partial charge in [0.15, 0.2) is 0 Å². The van der Waals surface area contributed by atoms with E-state index in [1.165, 1.54) is 19.1 Å². The second-order valence-corrected chi connectivity index (χ2v) is 4.12. The molecular formula is C13H13ClNO4-. The van der Waals surface area contributed by atoms with Crippen molar-refractivity contribution in [2.24, 2.45) is 5.73 Å². The van der Waals surface area contributed by atoms with Crippen LogP contribution in [0.4, 0.5) is 0 Å². The van der Waals surface area contributed by atoms with Crippen LogP contribution in [0.5, 0.6) is 5.75 Å². The molecule has 0 spiro atoms. The molecule has 0 bridgehead atoms. The highest BCUT2D eigenvalue weighted by atomic mass is 35.5. The molecule has 102 valence electrons. The van der Waals surface area contributed by atoms with Crippen molar-refractivity contribution in [1.82, 2.24) is 0 Å². The zero-order chi connectivity index (χ0) is 13.3. The van der Waals surface area contributed by atoms with E-state index in [1.54, 1.807) is 12.1 Å². The van der Waals surface area contributed by atoms with E-state index in [-0.39, 0.29) is 12.4 Å². The maximum atomic E-state index is 11.3. The molecule has 6 heteroatoms. The number of benzene rings is 1. The van der Waals surface area contributed by atoms with Crippen LogP contribution in [0.1, 0.15) is 12.5 Å². The molecule has 0 aliphatic rings. The smallest absolute Gasteiger partial charge is 0.336 e. The molecule has 5 nitrogen and oxygen atoms in total. The predicted octanol–water partition coefficient (Wildman–Crippen LogP) is -1.64. The highest BCUT2D eigenvalue weighted by molar-refractivity contribution is 5.83. The molecule has 0 radical (unpaired) electrons. The van der Waals surface area contributed by atoms with Crippen LogP contribution in [0.25, 0.3) is 11.0 Å². The molecule has 2 N–H and O–H groups in total. The highest BCUT2D eigenvalue weighted by Crippen LogP contribution is 2.22. The number of aryl methyl sites for hydroxylation is 1. The minimum absolute atomic E-state index is 0. The molecule has 0 saturated carbocycles. The second-order valence-electron chi connectivity index (χ2n) is 4.12. The molecule has 2 aromatic rings. The first-order valence-electron chi connectivity index (χ1n) is 5.49. The Morgan fingerprint density at radius 1 is 1.37 bits per heavy atom. The maximum Gasteiger partial charge on any atom is 0.336 e. The molecule has 0 fully saturated rings. The van der Waals surface area contributed by atoms with E-state index in [1.807, 2.05) is 6.92 Å². The number of fused-ring (bicyclic) bond motifs is 1. The minimum atomic E-state index is -0.704. The Morgan fingerprint density at radius 3 is 2.68 bits per heavy atom. The van der Waals surface area contributed by atoms with Gasteiger partial charge < -0.3 is 27.3 Å². The summed E-state index contributed by atoms with van der Waals surface area (Å²) in [5.74, 6) is -0.233. The van der Waals surface area contributed by atoms with Gasteiger partial charge in [-0.3, -0.25) is 0 Å². The number of carbonyl (C=O) groups excluding carboxylic acids is 1. The third kappa shape index (κ3) is 3.33. The van der Waals surface area contributed by atoms with Gasteiger partial charge in [0, 0.05) is 17.5 Å². The van der Waals surface area contributed by atoms with Crippen LogP contribution in [0.3, 0.4) is 0 Å². The fraction of sp³-hybridized carbons (Fsp3) is 0.231. The first kappa shape index (κ1) is 15.2. The lowest BCUT2D eigenvalue weighted by Crippen LogP contribution is -3.00. The van der Waals surface area contributed by atoms with Gasteiger partial charge in [0.05, 0.1) is 0 Å². The van der Waals surface area contributed by atoms with Crippen LogP contribution in [0.2, 0.25) is 0 Å². The molecule has 0 amide bonds. The van der Waals surface area contributed by atoms with Crippen LogP contribution in [-0.4, -0.2) is 12.0 Å². The summed E-state index contributed by atoms with van der Waals surface area (Å²) in [7, 11) is 0. The Kier molecular flexibility index (Phi) is 4.69. The van der Waals surface area contributed by atoms with Gasteiger partial charge in [-0.25, -0.2) is 9.59 Å². The Labute approximate surface area is 115 Å². The summed E-state index contributed by atoms with van der Waals surface area (Å²) in [6.45, 7) is 3.35. The Bertz CT molecular complexity index is 663. The average Bonchev–Trinajstić information content (AvgIpc) is 2.27. The van der Waals surface area contributed by atoms with E-state index in [0.29, 0.717) is 11.3 Å². The van der Waals surface area contributed by atoms with Gasteiger partial charge >= 0.3 is 11.6 Å². The number of carbonyl (C=O) groups is 1. The van der Waals surface area contributed by atoms with Crippen molar-refractivity contribution in [2.75, 3.05) is 0 Å². The standard InChI is InChI=1S/C13H13NO4.ClH/c1-7-5-12(15)18-11-6-9(3-4-10(7)11)17-13(16)8(2)14;/h3-6,8H,14H2,1-2H3;1H/p-1. The number of rotatable bonds is 2. The Balaban J connectivity index is 0.00000180. The van der Waals surface area contributed by atoms with Crippen LogP contribution >= 0.6 is 0 Å². The first-order valence-corrected chi connectivity index (χ1v) is 5.49. The molecule has 1 heterocycles. The van der Waals surface area contributed by atoms with Gasteiger partial charge in [-0.1, -0.05) is 0 Å². The van der Waals surface area contributed by atoms with E-state index in [9.17, 15) is 9.59 Å². The Hall–Kier alpha value is -1.85. The summed E-state index contributed by atoms with van der Waals surface area (Å²) in [6.07, 6.45) is 0. The third-order valence-corrected chi connectivity index (χ3v) is 2.51. The van der Waals surface area contributed by atoms with Gasteiger partial charge in [0.2, 0.25) is 0 Å². The molecule has 0 aliphatic carbocycles. The number of esters is 1. The molecule has 2 rings (SSSR count). The molecule has 1 aromatic carbocycles. The Morgan fingerprint density at radius 2 is 2.05 bits per heavy atom. The maximum absolute atomic E-state index is 11.3. The number of hydrogen-bond donors (Lipinski definition) is 1. The summed E-state index contributed by atoms with van der Waals surface area (Å²) in [5.41, 5.74) is 6.16. The van der Waals surface area contributed by atoms with Crippen molar-refractivity contribution in [3.8, 4) is 5.75 Å². The van der Waals surface area contributed by atoms with Crippen molar-refractivity contribution < 1.29 is 26.4 Å². The summed E-state index contributed by atoms with van der Waals surface area (Å²) in [5, 5.41) is 0.801. The third-order valence-electron chi connectivity index (χ3n) is 2.51. The summed E-state index contributed by atoms with van der Waals surface area (Å²) in [6, 6.07) is 5.58. The van der Waals surface area contributed by atoms with Crippen molar-refractivity contribution in [2.45, 2.75) is 19.9 Å². The molecule has 1 aromatic heterocycles. The number of halogens is 1. The molecule has 19 heavy (non-hydrogen) atoms. The second kappa shape index (κ2) is 5.86. The summed E-state index contributed by atoms with van der Waals surface area (Å²) < 4.78 is 10.1. The monoisotopic (exact) mass is 282 g/mol. The van der Waals surface area contributed by atoms with Crippen LogP contribution in [0.15, 0.2) is 33.5 Å². The average molecular weight is 283 g/mol. The minimum Gasteiger partial charge on any atom is -1.00 e. The fourth-order valence-electron chi connectivity index (χ4n) is 1.58. The van der Waals surface area contributed by atoms with Gasteiger partial charge in [0.1, 0.15) is 17.4 Å². The first-order chi connectivity index (χ1) is 8.47.